The number of nitrogen functional groups attached to an aromatic ring is 1. The summed E-state index contributed by atoms with van der Waals surface area (Å²) in [5, 5.41) is 15.4. The number of halogens is 4. The monoisotopic (exact) mass is 277 g/mol. The number of aromatic nitrogens is 2. The summed E-state index contributed by atoms with van der Waals surface area (Å²) in [6.07, 6.45) is -4.58. The fraction of sp³-hybridized carbons (Fsp3) is 0.100. The van der Waals surface area contributed by atoms with Crippen LogP contribution in [0.15, 0.2) is 18.2 Å². The molecule has 4 N–H and O–H groups in total. The third-order valence-electron chi connectivity index (χ3n) is 2.26. The Kier molecular flexibility index (Phi) is 2.86. The predicted molar refractivity (Wildman–Crippen MR) is 60.1 cm³/mol. The zero-order valence-corrected chi connectivity index (χ0v) is 9.47. The molecule has 18 heavy (non-hydrogen) atoms. The summed E-state index contributed by atoms with van der Waals surface area (Å²) in [5.74, 6) is -0.459. The molecule has 0 saturated carbocycles. The number of phenols is 1. The highest BCUT2D eigenvalue weighted by molar-refractivity contribution is 6.33. The Morgan fingerprint density at radius 1 is 1.28 bits per heavy atom. The van der Waals surface area contributed by atoms with Crippen molar-refractivity contribution in [3.05, 3.63) is 28.8 Å². The van der Waals surface area contributed by atoms with E-state index < -0.39 is 17.5 Å². The molecule has 2 rings (SSSR count). The number of aromatic hydroxyl groups is 1. The number of alkyl halides is 3. The maximum atomic E-state index is 12.5. The highest BCUT2D eigenvalue weighted by atomic mass is 35.5. The van der Waals surface area contributed by atoms with Crippen molar-refractivity contribution in [1.29, 1.82) is 0 Å². The van der Waals surface area contributed by atoms with Crippen LogP contribution in [0.2, 0.25) is 5.02 Å². The van der Waals surface area contributed by atoms with Gasteiger partial charge in [0, 0.05) is 6.07 Å². The zero-order chi connectivity index (χ0) is 13.5. The van der Waals surface area contributed by atoms with E-state index in [-0.39, 0.29) is 22.1 Å². The van der Waals surface area contributed by atoms with Crippen molar-refractivity contribution in [1.82, 2.24) is 10.2 Å². The Hall–Kier alpha value is -1.89. The number of aromatic amines is 1. The number of benzene rings is 1. The van der Waals surface area contributed by atoms with E-state index in [1.807, 2.05) is 0 Å². The van der Waals surface area contributed by atoms with Gasteiger partial charge in [0.25, 0.3) is 0 Å². The summed E-state index contributed by atoms with van der Waals surface area (Å²) in [7, 11) is 0. The van der Waals surface area contributed by atoms with Gasteiger partial charge in [0.05, 0.1) is 21.8 Å². The van der Waals surface area contributed by atoms with Crippen LogP contribution >= 0.6 is 11.6 Å². The third-order valence-corrected chi connectivity index (χ3v) is 2.56. The molecule has 1 aromatic heterocycles. The number of anilines is 1. The second kappa shape index (κ2) is 4.09. The largest absolute Gasteiger partial charge is 0.507 e. The number of nitrogens with two attached hydrogens (primary N) is 1. The maximum Gasteiger partial charge on any atom is 0.416 e. The van der Waals surface area contributed by atoms with Gasteiger partial charge in [0.15, 0.2) is 0 Å². The van der Waals surface area contributed by atoms with Gasteiger partial charge in [-0.05, 0) is 12.1 Å². The lowest BCUT2D eigenvalue weighted by molar-refractivity contribution is -0.137. The highest BCUT2D eigenvalue weighted by Crippen LogP contribution is 2.41. The molecule has 0 fully saturated rings. The molecule has 0 aliphatic rings. The highest BCUT2D eigenvalue weighted by Gasteiger charge is 2.32. The molecule has 0 aliphatic carbocycles. The molecule has 0 spiro atoms. The summed E-state index contributed by atoms with van der Waals surface area (Å²) in [5.41, 5.74) is 4.60. The van der Waals surface area contributed by atoms with Crippen LogP contribution in [0.3, 0.4) is 0 Å². The van der Waals surface area contributed by atoms with E-state index in [4.69, 9.17) is 17.3 Å². The van der Waals surface area contributed by atoms with Crippen molar-refractivity contribution < 1.29 is 18.3 Å². The van der Waals surface area contributed by atoms with Gasteiger partial charge in [0.2, 0.25) is 0 Å². The molecule has 0 bridgehead atoms. The minimum absolute atomic E-state index is 0.0221. The van der Waals surface area contributed by atoms with E-state index in [0.717, 1.165) is 6.07 Å². The minimum atomic E-state index is -4.58. The van der Waals surface area contributed by atoms with Gasteiger partial charge < -0.3 is 10.8 Å². The number of hydrogen-bond acceptors (Lipinski definition) is 3. The zero-order valence-electron chi connectivity index (χ0n) is 8.72. The van der Waals surface area contributed by atoms with Gasteiger partial charge in [0.1, 0.15) is 11.6 Å². The molecule has 0 unspecified atom stereocenters. The lowest BCUT2D eigenvalue weighted by Crippen LogP contribution is -2.04. The van der Waals surface area contributed by atoms with Crippen LogP contribution in [0.5, 0.6) is 5.75 Å². The number of nitrogens with one attached hydrogen (secondary N) is 1. The van der Waals surface area contributed by atoms with E-state index in [9.17, 15) is 18.3 Å². The van der Waals surface area contributed by atoms with Crippen LogP contribution in [0.1, 0.15) is 5.56 Å². The minimum Gasteiger partial charge on any atom is -0.507 e. The second-order valence-electron chi connectivity index (χ2n) is 3.56. The van der Waals surface area contributed by atoms with Crippen LogP contribution < -0.4 is 5.73 Å². The molecular formula is C10H7ClF3N3O. The van der Waals surface area contributed by atoms with Crippen molar-refractivity contribution in [2.24, 2.45) is 0 Å². The smallest absolute Gasteiger partial charge is 0.416 e. The second-order valence-corrected chi connectivity index (χ2v) is 3.96. The average Bonchev–Trinajstić information content (AvgIpc) is 2.62. The number of phenolic OH excluding ortho intramolecular Hbond substituents is 1. The first-order chi connectivity index (χ1) is 8.29. The van der Waals surface area contributed by atoms with Crippen molar-refractivity contribution in [3.63, 3.8) is 0 Å². The van der Waals surface area contributed by atoms with E-state index in [2.05, 4.69) is 10.2 Å². The Morgan fingerprint density at radius 2 is 1.94 bits per heavy atom. The first-order valence-electron chi connectivity index (χ1n) is 4.70. The lowest BCUT2D eigenvalue weighted by atomic mass is 10.1. The SMILES string of the molecule is Nc1cc(-c2c(O)cc(C(F)(F)F)cc2Cl)[nH]n1. The standard InChI is InChI=1S/C10H7ClF3N3O/c11-5-1-4(10(12,13)14)2-7(18)9(5)6-3-8(15)17-16-6/h1-3,18H,(H3,15,16,17). The molecule has 0 atom stereocenters. The maximum absolute atomic E-state index is 12.5. The van der Waals surface area contributed by atoms with Crippen LogP contribution in [0, 0.1) is 0 Å². The Balaban J connectivity index is 2.58. The van der Waals surface area contributed by atoms with Crippen molar-refractivity contribution in [2.75, 3.05) is 5.73 Å². The van der Waals surface area contributed by atoms with Crippen molar-refractivity contribution in [2.45, 2.75) is 6.18 Å². The van der Waals surface area contributed by atoms with Gasteiger partial charge >= 0.3 is 6.18 Å². The molecule has 96 valence electrons. The molecule has 0 saturated heterocycles. The van der Waals surface area contributed by atoms with Crippen LogP contribution in [0.4, 0.5) is 19.0 Å². The van der Waals surface area contributed by atoms with Gasteiger partial charge in [-0.25, -0.2) is 0 Å². The summed E-state index contributed by atoms with van der Waals surface area (Å²) in [6.45, 7) is 0. The molecule has 0 aliphatic heterocycles. The van der Waals surface area contributed by atoms with Crippen LogP contribution in [-0.2, 0) is 6.18 Å². The van der Waals surface area contributed by atoms with Crippen molar-refractivity contribution >= 4 is 17.4 Å². The molecule has 0 amide bonds. The van der Waals surface area contributed by atoms with Gasteiger partial charge in [-0.3, -0.25) is 5.10 Å². The lowest BCUT2D eigenvalue weighted by Gasteiger charge is -2.11. The summed E-state index contributed by atoms with van der Waals surface area (Å²) < 4.78 is 37.4. The van der Waals surface area contributed by atoms with E-state index in [0.29, 0.717) is 6.07 Å². The molecule has 2 aromatic rings. The van der Waals surface area contributed by atoms with Crippen molar-refractivity contribution in [3.8, 4) is 17.0 Å². The Bertz CT molecular complexity index is 571. The van der Waals surface area contributed by atoms with Crippen LogP contribution in [-0.4, -0.2) is 15.3 Å². The molecule has 4 nitrogen and oxygen atoms in total. The van der Waals surface area contributed by atoms with Gasteiger partial charge in [-0.2, -0.15) is 18.3 Å². The summed E-state index contributed by atoms with van der Waals surface area (Å²) >= 11 is 5.74. The fourth-order valence-electron chi connectivity index (χ4n) is 1.49. The summed E-state index contributed by atoms with van der Waals surface area (Å²) in [6, 6.07) is 2.68. The van der Waals surface area contributed by atoms with E-state index >= 15 is 0 Å². The number of H-pyrrole nitrogens is 1. The number of rotatable bonds is 1. The first-order valence-corrected chi connectivity index (χ1v) is 5.08. The average molecular weight is 278 g/mol. The molecule has 1 heterocycles. The molecule has 0 radical (unpaired) electrons. The molecular weight excluding hydrogens is 271 g/mol. The van der Waals surface area contributed by atoms with E-state index in [1.165, 1.54) is 6.07 Å². The number of nitrogens with zero attached hydrogens (tertiary/aromatic N) is 1. The fourth-order valence-corrected chi connectivity index (χ4v) is 1.80. The van der Waals surface area contributed by atoms with Gasteiger partial charge in [-0.1, -0.05) is 11.6 Å². The quantitative estimate of drug-likeness (QED) is 0.750. The molecule has 8 heteroatoms. The Morgan fingerprint density at radius 3 is 2.39 bits per heavy atom. The molecule has 1 aromatic carbocycles. The van der Waals surface area contributed by atoms with Crippen LogP contribution in [0.25, 0.3) is 11.3 Å². The first kappa shape index (κ1) is 12.6. The third kappa shape index (κ3) is 2.21. The normalized spacial score (nSPS) is 11.8. The van der Waals surface area contributed by atoms with E-state index in [1.54, 1.807) is 0 Å². The van der Waals surface area contributed by atoms with Gasteiger partial charge in [-0.15, -0.1) is 0 Å². The summed E-state index contributed by atoms with van der Waals surface area (Å²) in [4.78, 5) is 0. The Labute approximate surface area is 104 Å². The number of hydrogen-bond donors (Lipinski definition) is 3. The predicted octanol–water partition coefficient (Wildman–Crippen LogP) is 3.04. The topological polar surface area (TPSA) is 74.9 Å².